The standard InChI is InChI=1S/C25H23N5O5.C21H24N6O4.2C18H19N5O4.C13H14O4.C5H5N5/c31-20-17(11-33-18-12-34-25(35-21(18)20)16-9-5-2-6-10-16)30-14-28-19-22(26-13-27-23(19)30)29-24(32)15-7-3-1-4-8-15;1-26(2)11-25-19-16-20(23-10-22-19)27(12-24-16)14-8-29-15-9-30-21(31-18(15)17(14)28)13-6-4-3-5-7-13;2*19-16-13-17(21-8-20-16)23(9-22-13)11-6-25-12-7-26-18(27-15(12)14(11)24)10-4-2-1-3-5-10;1-2-4-8(5-3-1)13-15-6-9-11(17-13)12-10(16-12)7-14-9;6-4-3-5(9-1-7-3)10-2-8-4/h1-10,13-14,17-18,20-21,25,31H,11-12H2,(H,26,27,29,32);3-7,10-12,14-15,17-18,21,28H,8-9H2,1-2H3;2*1-5,8-9,11-12,14-15,18,24H,6-7H2,(H2,19,20,21);1-5,9-13H,6-7H2;1-2H,(H3,6,7,8,9,10)/t;;;;9?,10?,11?,12-,13?;/m....0./s1. The molecule has 0 aliphatic carbocycles. The summed E-state index contributed by atoms with van der Waals surface area (Å²) in [5, 5.41) is 47.4. The lowest BCUT2D eigenvalue weighted by Gasteiger charge is -2.45. The normalized spacial score (nSPS) is 29.4. The fraction of sp³-hybridized carbons (Fsp3) is 0.370. The quantitative estimate of drug-likeness (QED) is 0.0325. The summed E-state index contributed by atoms with van der Waals surface area (Å²) in [6, 6.07) is 55.7. The van der Waals surface area contributed by atoms with E-state index < -0.39 is 98.2 Å². The van der Waals surface area contributed by atoms with Gasteiger partial charge in [-0.1, -0.05) is 170 Å². The number of epoxide rings is 1. The maximum absolute atomic E-state index is 12.6. The lowest BCUT2D eigenvalue weighted by molar-refractivity contribution is -0.306. The number of ether oxygens (including phenoxy) is 16. The summed E-state index contributed by atoms with van der Waals surface area (Å²) >= 11 is 0. The average molecular weight is 2010 g/mol. The third-order valence-corrected chi connectivity index (χ3v) is 26.8. The number of nitrogens with zero attached hydrogens (tertiary/aromatic N) is 21. The van der Waals surface area contributed by atoms with Crippen molar-refractivity contribution < 1.29 is 101 Å². The smallest absolute Gasteiger partial charge is 0.256 e. The Morgan fingerprint density at radius 1 is 0.347 bits per heavy atom. The van der Waals surface area contributed by atoms with Crippen LogP contribution in [0.5, 0.6) is 0 Å². The number of fused-ring (bicyclic) bond motifs is 12. The Labute approximate surface area is 836 Å². The zero-order valence-corrected chi connectivity index (χ0v) is 79.0. The Hall–Kier alpha value is -14.4. The van der Waals surface area contributed by atoms with E-state index in [9.17, 15) is 25.2 Å². The highest BCUT2D eigenvalue weighted by atomic mass is 16.8. The van der Waals surface area contributed by atoms with Gasteiger partial charge in [0.1, 0.15) is 146 Å². The summed E-state index contributed by atoms with van der Waals surface area (Å²) in [7, 11) is 3.76. The van der Waals surface area contributed by atoms with E-state index in [4.69, 9.17) is 93.0 Å². The number of aromatic amines is 1. The lowest BCUT2D eigenvalue weighted by Crippen LogP contribution is -2.56. The number of aliphatic hydroxyl groups excluding tert-OH is 4. The van der Waals surface area contributed by atoms with Crippen LogP contribution in [0.2, 0.25) is 0 Å². The SMILES string of the molecule is CN(C)C=Nc1ncnc2c1ncn2C1COC2COC(c3ccccc3)OC2C1O.Nc1ncnc2c1ncn2C1COC2COC(c3ccccc3)OC2C1O.Nc1ncnc2c1ncn2C1COC2COC(c3ccccc3)OC2C1O.Nc1ncnc2nc[nH]c12.O=C(Nc1ncnc2c1ncn2C1COC2COC(c3ccccc3)OC2C1O)c1ccccc1.c1ccc(C2OCC3OCC4O[C@@H]4C3O2)cc1. The van der Waals surface area contributed by atoms with E-state index in [1.165, 1.54) is 38.0 Å². The molecule has 11 fully saturated rings. The molecule has 47 nitrogen and oxygen atoms in total. The van der Waals surface area contributed by atoms with E-state index in [1.54, 1.807) is 69.6 Å². The first-order valence-corrected chi connectivity index (χ1v) is 47.8. The van der Waals surface area contributed by atoms with Gasteiger partial charge in [0.2, 0.25) is 0 Å². The van der Waals surface area contributed by atoms with Crippen molar-refractivity contribution in [2.75, 3.05) is 103 Å². The Kier molecular flexibility index (Phi) is 29.0. The molecule has 147 heavy (non-hydrogen) atoms. The number of nitrogens with two attached hydrogens (primary N) is 3. The Morgan fingerprint density at radius 2 is 0.660 bits per heavy atom. The summed E-state index contributed by atoms with van der Waals surface area (Å²) in [5.41, 5.74) is 27.8. The third-order valence-electron chi connectivity index (χ3n) is 26.8. The van der Waals surface area contributed by atoms with Crippen LogP contribution in [0.4, 0.5) is 29.1 Å². The number of aliphatic hydroxyl groups is 4. The lowest BCUT2D eigenvalue weighted by atomic mass is 9.97. The molecule has 0 saturated carbocycles. The van der Waals surface area contributed by atoms with E-state index in [0.717, 1.165) is 27.8 Å². The largest absolute Gasteiger partial charge is 0.388 e. The second-order valence-corrected chi connectivity index (χ2v) is 36.2. The molecule has 0 radical (unpaired) electrons. The van der Waals surface area contributed by atoms with Crippen molar-refractivity contribution >= 4 is 97.2 Å². The Morgan fingerprint density at radius 3 is 1.05 bits per heavy atom. The summed E-state index contributed by atoms with van der Waals surface area (Å²) in [5.74, 6) is 1.49. The Balaban J connectivity index is 0.000000103. The highest BCUT2D eigenvalue weighted by molar-refractivity contribution is 6.06. The molecule has 0 spiro atoms. The minimum absolute atomic E-state index is 0.0210. The summed E-state index contributed by atoms with van der Waals surface area (Å²) in [4.78, 5) is 84.2. The van der Waals surface area contributed by atoms with Crippen molar-refractivity contribution in [3.05, 3.63) is 279 Å². The van der Waals surface area contributed by atoms with Crippen LogP contribution in [0.3, 0.4) is 0 Å². The maximum Gasteiger partial charge on any atom is 0.256 e. The number of benzene rings is 6. The van der Waals surface area contributed by atoms with Gasteiger partial charge in [-0.15, -0.1) is 0 Å². The van der Waals surface area contributed by atoms with E-state index >= 15 is 0 Å². The molecule has 760 valence electrons. The minimum atomic E-state index is -0.890. The van der Waals surface area contributed by atoms with Crippen molar-refractivity contribution in [2.45, 2.75) is 153 Å². The first-order chi connectivity index (χ1) is 72.0. The van der Waals surface area contributed by atoms with Crippen molar-refractivity contribution in [3.8, 4) is 0 Å². The summed E-state index contributed by atoms with van der Waals surface area (Å²) < 4.78 is 101. The van der Waals surface area contributed by atoms with Crippen LogP contribution in [-0.2, 0) is 75.8 Å². The molecule has 11 saturated heterocycles. The van der Waals surface area contributed by atoms with Gasteiger partial charge in [-0.3, -0.25) is 4.79 Å². The molecule has 1 amide bonds. The number of carbonyl (C=O) groups is 1. The summed E-state index contributed by atoms with van der Waals surface area (Å²) in [6.07, 6.45) is 7.64. The molecule has 24 unspecified atom stereocenters. The molecule has 6 aromatic carbocycles. The first kappa shape index (κ1) is 97.3. The van der Waals surface area contributed by atoms with Gasteiger partial charge in [-0.05, 0) is 12.1 Å². The number of aromatic nitrogens is 20. The van der Waals surface area contributed by atoms with Gasteiger partial charge in [0.05, 0.1) is 128 Å². The van der Waals surface area contributed by atoms with Crippen molar-refractivity contribution in [2.24, 2.45) is 4.99 Å². The fourth-order valence-corrected chi connectivity index (χ4v) is 19.1. The number of aliphatic imine (C=N–C) groups is 1. The number of nitrogens with one attached hydrogen (secondary N) is 2. The topological polar surface area (TPSA) is 584 Å². The number of hydrogen-bond acceptors (Lipinski definition) is 40. The fourth-order valence-electron chi connectivity index (χ4n) is 19.1. The predicted octanol–water partition coefficient (Wildman–Crippen LogP) is 6.81. The zero-order chi connectivity index (χ0) is 100. The van der Waals surface area contributed by atoms with Gasteiger partial charge in [0.15, 0.2) is 99.8 Å². The van der Waals surface area contributed by atoms with Gasteiger partial charge >= 0.3 is 0 Å². The van der Waals surface area contributed by atoms with E-state index in [-0.39, 0.29) is 80.1 Å². The van der Waals surface area contributed by atoms with Crippen LogP contribution < -0.4 is 22.5 Å². The molecular formula is C100H104N26O21. The van der Waals surface area contributed by atoms with Crippen LogP contribution in [0.1, 0.15) is 93.8 Å². The average Bonchev–Trinajstić information content (AvgIpc) is 1.45. The highest BCUT2D eigenvalue weighted by Crippen LogP contribution is 2.45. The number of rotatable bonds is 13. The molecule has 47 heteroatoms. The highest BCUT2D eigenvalue weighted by Gasteiger charge is 2.57. The molecular weight excluding hydrogens is 1900 g/mol. The molecule has 10 aromatic heterocycles. The molecule has 11 aliphatic rings. The summed E-state index contributed by atoms with van der Waals surface area (Å²) in [6.45, 7) is 3.73. The second kappa shape index (κ2) is 43.7. The number of carbonyl (C=O) groups excluding carboxylic acids is 1. The van der Waals surface area contributed by atoms with E-state index in [1.807, 2.05) is 181 Å². The van der Waals surface area contributed by atoms with Crippen LogP contribution in [0.15, 0.2) is 250 Å². The zero-order valence-electron chi connectivity index (χ0n) is 79.0. The molecule has 16 aromatic rings. The molecule has 25 atom stereocenters. The number of nitrogen functional groups attached to an aromatic ring is 3. The number of anilines is 4. The number of hydrogen-bond donors (Lipinski definition) is 9. The van der Waals surface area contributed by atoms with Crippen molar-refractivity contribution in [3.63, 3.8) is 0 Å². The molecule has 12 N–H and O–H groups in total. The number of amides is 1. The predicted molar refractivity (Wildman–Crippen MR) is 520 cm³/mol. The second-order valence-electron chi connectivity index (χ2n) is 36.2. The molecule has 21 heterocycles. The van der Waals surface area contributed by atoms with Crippen LogP contribution in [0.25, 0.3) is 55.8 Å². The van der Waals surface area contributed by atoms with Crippen LogP contribution in [0, 0.1) is 0 Å². The Bertz CT molecular complexity index is 7010. The van der Waals surface area contributed by atoms with Crippen molar-refractivity contribution in [1.82, 2.24) is 103 Å². The van der Waals surface area contributed by atoms with E-state index in [0.29, 0.717) is 138 Å². The van der Waals surface area contributed by atoms with Gasteiger partial charge in [-0.2, -0.15) is 0 Å². The monoisotopic (exact) mass is 2000 g/mol. The van der Waals surface area contributed by atoms with Gasteiger partial charge in [-0.25, -0.2) is 79.8 Å². The maximum atomic E-state index is 12.6. The first-order valence-electron chi connectivity index (χ1n) is 47.8. The number of imidazole rings is 5. The van der Waals surface area contributed by atoms with Gasteiger partial charge in [0.25, 0.3) is 5.91 Å². The molecule has 27 rings (SSSR count). The van der Waals surface area contributed by atoms with Gasteiger partial charge < -0.3 is 147 Å². The number of H-pyrrole nitrogens is 1. The molecule has 0 bridgehead atoms. The van der Waals surface area contributed by atoms with Crippen LogP contribution in [-0.4, -0.2) is 313 Å². The minimum Gasteiger partial charge on any atom is -0.388 e. The molecule has 11 aliphatic heterocycles. The third kappa shape index (κ3) is 20.7. The van der Waals surface area contributed by atoms with E-state index in [2.05, 4.69) is 90.1 Å². The van der Waals surface area contributed by atoms with Crippen LogP contribution >= 0.6 is 0 Å². The van der Waals surface area contributed by atoms with Crippen molar-refractivity contribution in [1.29, 1.82) is 0 Å². The van der Waals surface area contributed by atoms with Gasteiger partial charge in [0, 0.05) is 47.5 Å².